The maximum absolute atomic E-state index is 6.63. The van der Waals surface area contributed by atoms with Crippen LogP contribution in [0.3, 0.4) is 0 Å². The van der Waals surface area contributed by atoms with Crippen LogP contribution in [-0.2, 0) is 0 Å². The molecule has 1 N–H and O–H groups in total. The Balaban J connectivity index is 1.94. The highest BCUT2D eigenvalue weighted by atomic mass is 35.5. The molecule has 0 atom stereocenters. The number of hydrogen-bond donors (Lipinski definition) is 1. The summed E-state index contributed by atoms with van der Waals surface area (Å²) in [5.41, 5.74) is 4.15. The molecule has 0 radical (unpaired) electrons. The molecule has 0 saturated carbocycles. The molecule has 1 aliphatic carbocycles. The monoisotopic (exact) mass is 308 g/mol. The van der Waals surface area contributed by atoms with E-state index >= 15 is 0 Å². The lowest BCUT2D eigenvalue weighted by atomic mass is 10.0. The first-order valence-corrected chi connectivity index (χ1v) is 7.55. The van der Waals surface area contributed by atoms with E-state index in [1.807, 2.05) is 30.3 Å². The molecular weight excluding hydrogens is 296 g/mol. The summed E-state index contributed by atoms with van der Waals surface area (Å²) in [7, 11) is 0. The van der Waals surface area contributed by atoms with Gasteiger partial charge < -0.3 is 0 Å². The number of hydrogen-bond acceptors (Lipinski definition) is 3. The van der Waals surface area contributed by atoms with Crippen molar-refractivity contribution in [3.63, 3.8) is 0 Å². The smallest absolute Gasteiger partial charge is 0.180 e. The fraction of sp³-hybridized carbons (Fsp3) is 0.118. The van der Waals surface area contributed by atoms with Crippen LogP contribution in [0.5, 0.6) is 0 Å². The van der Waals surface area contributed by atoms with Crippen molar-refractivity contribution in [3.8, 4) is 11.3 Å². The number of nitrogens with one attached hydrogen (secondary N) is 1. The van der Waals surface area contributed by atoms with Crippen LogP contribution in [0, 0.1) is 0 Å². The normalized spacial score (nSPS) is 14.3. The van der Waals surface area contributed by atoms with Crippen LogP contribution < -0.4 is 0 Å². The minimum atomic E-state index is 0.583. The highest BCUT2D eigenvalue weighted by Gasteiger charge is 2.18. The summed E-state index contributed by atoms with van der Waals surface area (Å²) in [6.45, 7) is 0. The molecule has 0 fully saturated rings. The molecule has 1 aromatic carbocycles. The minimum Gasteiger partial charge on any atom is -0.259 e. The summed E-state index contributed by atoms with van der Waals surface area (Å²) in [6, 6.07) is 9.83. The maximum Gasteiger partial charge on any atom is 0.180 e. The summed E-state index contributed by atoms with van der Waals surface area (Å²) >= 11 is 6.63. The number of halogens is 1. The van der Waals surface area contributed by atoms with Crippen molar-refractivity contribution in [2.75, 3.05) is 0 Å². The van der Waals surface area contributed by atoms with E-state index in [9.17, 15) is 0 Å². The first kappa shape index (κ1) is 13.2. The molecular formula is C17H13ClN4. The standard InChI is InChI=1S/C17H13ClN4/c18-14-13-15(11-7-3-1-4-8-11)19-21-17(13)22-20-16(14)12-9-5-2-6-10-12/h2-3,5-10H,1,4H2,(H,19,21,22). The van der Waals surface area contributed by atoms with Crippen molar-refractivity contribution >= 4 is 28.2 Å². The molecule has 0 aliphatic heterocycles. The van der Waals surface area contributed by atoms with Crippen LogP contribution >= 0.6 is 11.6 Å². The highest BCUT2D eigenvalue weighted by Crippen LogP contribution is 2.35. The third kappa shape index (κ3) is 2.12. The van der Waals surface area contributed by atoms with Crippen LogP contribution in [-0.4, -0.2) is 20.4 Å². The molecule has 0 saturated heterocycles. The summed E-state index contributed by atoms with van der Waals surface area (Å²) in [6.07, 6.45) is 8.49. The Morgan fingerprint density at radius 1 is 1.00 bits per heavy atom. The Kier molecular flexibility index (Phi) is 3.24. The van der Waals surface area contributed by atoms with Gasteiger partial charge in [0, 0.05) is 5.56 Å². The van der Waals surface area contributed by atoms with E-state index in [1.54, 1.807) is 0 Å². The molecule has 0 amide bonds. The van der Waals surface area contributed by atoms with E-state index in [0.717, 1.165) is 35.1 Å². The number of aromatic nitrogens is 4. The largest absolute Gasteiger partial charge is 0.259 e. The minimum absolute atomic E-state index is 0.583. The van der Waals surface area contributed by atoms with Gasteiger partial charge >= 0.3 is 0 Å². The van der Waals surface area contributed by atoms with Crippen LogP contribution in [0.1, 0.15) is 18.5 Å². The molecule has 108 valence electrons. The summed E-state index contributed by atoms with van der Waals surface area (Å²) < 4.78 is 0. The topological polar surface area (TPSA) is 54.5 Å². The van der Waals surface area contributed by atoms with E-state index in [4.69, 9.17) is 11.6 Å². The van der Waals surface area contributed by atoms with E-state index in [1.165, 1.54) is 0 Å². The van der Waals surface area contributed by atoms with Gasteiger partial charge in [0.1, 0.15) is 11.4 Å². The molecule has 5 heteroatoms. The number of rotatable bonds is 2. The molecule has 4 nitrogen and oxygen atoms in total. The van der Waals surface area contributed by atoms with Gasteiger partial charge in [-0.1, -0.05) is 60.2 Å². The van der Waals surface area contributed by atoms with Crippen molar-refractivity contribution in [1.29, 1.82) is 0 Å². The van der Waals surface area contributed by atoms with E-state index in [2.05, 4.69) is 38.6 Å². The average Bonchev–Trinajstić information content (AvgIpc) is 3.02. The van der Waals surface area contributed by atoms with Gasteiger partial charge in [0.15, 0.2) is 5.65 Å². The second kappa shape index (κ2) is 5.39. The average molecular weight is 309 g/mol. The lowest BCUT2D eigenvalue weighted by Crippen LogP contribution is -1.92. The van der Waals surface area contributed by atoms with E-state index in [-0.39, 0.29) is 0 Å². The van der Waals surface area contributed by atoms with Gasteiger partial charge in [-0.15, -0.1) is 10.2 Å². The molecule has 2 aromatic heterocycles. The third-order valence-electron chi connectivity index (χ3n) is 3.74. The number of benzene rings is 1. The van der Waals surface area contributed by atoms with Crippen LogP contribution in [0.4, 0.5) is 0 Å². The second-order valence-electron chi connectivity index (χ2n) is 5.16. The quantitative estimate of drug-likeness (QED) is 0.763. The van der Waals surface area contributed by atoms with Gasteiger partial charge in [-0.05, 0) is 18.4 Å². The maximum atomic E-state index is 6.63. The van der Waals surface area contributed by atoms with Crippen molar-refractivity contribution in [3.05, 3.63) is 59.3 Å². The Morgan fingerprint density at radius 2 is 1.86 bits per heavy atom. The zero-order valence-electron chi connectivity index (χ0n) is 11.8. The Labute approximate surface area is 132 Å². The van der Waals surface area contributed by atoms with Crippen LogP contribution in [0.25, 0.3) is 27.9 Å². The van der Waals surface area contributed by atoms with Crippen molar-refractivity contribution < 1.29 is 0 Å². The molecule has 1 aliphatic rings. The van der Waals surface area contributed by atoms with Crippen molar-refractivity contribution in [1.82, 2.24) is 20.4 Å². The Hall–Kier alpha value is -2.46. The number of H-pyrrole nitrogens is 1. The first-order chi connectivity index (χ1) is 10.8. The van der Waals surface area contributed by atoms with Crippen molar-refractivity contribution in [2.24, 2.45) is 0 Å². The molecule has 22 heavy (non-hydrogen) atoms. The molecule has 4 rings (SSSR count). The molecule has 2 heterocycles. The Bertz CT molecular complexity index is 894. The zero-order chi connectivity index (χ0) is 14.9. The summed E-state index contributed by atoms with van der Waals surface area (Å²) in [5.74, 6) is 0. The van der Waals surface area contributed by atoms with Gasteiger partial charge in [-0.25, -0.2) is 0 Å². The lowest BCUT2D eigenvalue weighted by molar-refractivity contribution is 1.01. The molecule has 0 spiro atoms. The van der Waals surface area contributed by atoms with Gasteiger partial charge in [0.2, 0.25) is 0 Å². The number of nitrogens with zero attached hydrogens (tertiary/aromatic N) is 3. The number of fused-ring (bicyclic) bond motifs is 1. The molecule has 0 unspecified atom stereocenters. The Morgan fingerprint density at radius 3 is 2.64 bits per heavy atom. The third-order valence-corrected chi connectivity index (χ3v) is 4.11. The van der Waals surface area contributed by atoms with Gasteiger partial charge in [0.05, 0.1) is 10.4 Å². The number of allylic oxidation sites excluding steroid dienone is 4. The predicted octanol–water partition coefficient (Wildman–Crippen LogP) is 4.41. The predicted molar refractivity (Wildman–Crippen MR) is 88.5 cm³/mol. The fourth-order valence-corrected chi connectivity index (χ4v) is 2.98. The van der Waals surface area contributed by atoms with Gasteiger partial charge in [0.25, 0.3) is 0 Å². The lowest BCUT2D eigenvalue weighted by Gasteiger charge is -2.07. The zero-order valence-corrected chi connectivity index (χ0v) is 12.5. The van der Waals surface area contributed by atoms with Crippen LogP contribution in [0.2, 0.25) is 5.02 Å². The first-order valence-electron chi connectivity index (χ1n) is 7.17. The number of aromatic amines is 1. The van der Waals surface area contributed by atoms with Gasteiger partial charge in [-0.3, -0.25) is 5.10 Å². The SMILES string of the molecule is Clc1c(-c2ccccc2)nnc2[nH]nc(C3=CCCC=C3)c12. The van der Waals surface area contributed by atoms with Crippen LogP contribution in [0.15, 0.2) is 48.6 Å². The van der Waals surface area contributed by atoms with E-state index in [0.29, 0.717) is 16.4 Å². The van der Waals surface area contributed by atoms with Gasteiger partial charge in [-0.2, -0.15) is 5.10 Å². The second-order valence-corrected chi connectivity index (χ2v) is 5.54. The molecule has 0 bridgehead atoms. The summed E-state index contributed by atoms with van der Waals surface area (Å²) in [5, 5.41) is 17.2. The van der Waals surface area contributed by atoms with E-state index < -0.39 is 0 Å². The van der Waals surface area contributed by atoms with Crippen molar-refractivity contribution in [2.45, 2.75) is 12.8 Å². The summed E-state index contributed by atoms with van der Waals surface area (Å²) in [4.78, 5) is 0. The molecule has 3 aromatic rings. The fourth-order valence-electron chi connectivity index (χ4n) is 2.65. The highest BCUT2D eigenvalue weighted by molar-refractivity contribution is 6.38.